The van der Waals surface area contributed by atoms with Crippen LogP contribution in [-0.2, 0) is 4.79 Å². The van der Waals surface area contributed by atoms with Gasteiger partial charge >= 0.3 is 0 Å². The number of hydrogen-bond donors (Lipinski definition) is 1. The number of nitrogens with zero attached hydrogens (tertiary/aromatic N) is 1. The lowest BCUT2D eigenvalue weighted by Crippen LogP contribution is -2.41. The first-order chi connectivity index (χ1) is 16.5. The molecular weight excluding hydrogens is 436 g/mol. The zero-order valence-electron chi connectivity index (χ0n) is 19.3. The second kappa shape index (κ2) is 10.2. The maximum atomic E-state index is 13.0. The van der Waals surface area contributed by atoms with Gasteiger partial charge in [0.2, 0.25) is 0 Å². The fraction of sp³-hybridized carbons (Fsp3) is 0.231. The number of hydrogen-bond acceptors (Lipinski definition) is 6. The summed E-state index contributed by atoms with van der Waals surface area (Å²) < 4.78 is 22.1. The van der Waals surface area contributed by atoms with Crippen LogP contribution in [0.2, 0.25) is 0 Å². The zero-order valence-corrected chi connectivity index (χ0v) is 19.3. The molecule has 1 heterocycles. The molecule has 0 fully saturated rings. The summed E-state index contributed by atoms with van der Waals surface area (Å²) in [6.45, 7) is 2.61. The van der Waals surface area contributed by atoms with Crippen molar-refractivity contribution < 1.29 is 28.5 Å². The molecule has 0 spiro atoms. The molecule has 0 aliphatic carbocycles. The van der Waals surface area contributed by atoms with Crippen molar-refractivity contribution >= 4 is 23.2 Å². The van der Waals surface area contributed by atoms with Crippen LogP contribution < -0.4 is 29.2 Å². The molecule has 176 valence electrons. The van der Waals surface area contributed by atoms with E-state index in [0.29, 0.717) is 41.8 Å². The number of anilines is 2. The minimum Gasteiger partial charge on any atom is -0.496 e. The van der Waals surface area contributed by atoms with Crippen LogP contribution in [0.5, 0.6) is 23.0 Å². The highest BCUT2D eigenvalue weighted by Gasteiger charge is 2.26. The minimum absolute atomic E-state index is 0.0881. The van der Waals surface area contributed by atoms with Gasteiger partial charge in [-0.15, -0.1) is 0 Å². The number of rotatable bonds is 8. The number of benzene rings is 3. The second-order valence-corrected chi connectivity index (χ2v) is 7.67. The summed E-state index contributed by atoms with van der Waals surface area (Å²) in [5.74, 6) is 1.51. The summed E-state index contributed by atoms with van der Waals surface area (Å²) in [5, 5.41) is 2.85. The summed E-state index contributed by atoms with van der Waals surface area (Å²) in [5.41, 5.74) is 2.53. The molecule has 34 heavy (non-hydrogen) atoms. The topological polar surface area (TPSA) is 86.3 Å². The van der Waals surface area contributed by atoms with Gasteiger partial charge in [0.1, 0.15) is 35.2 Å². The van der Waals surface area contributed by atoms with Gasteiger partial charge < -0.3 is 29.2 Å². The summed E-state index contributed by atoms with van der Waals surface area (Å²) >= 11 is 0. The van der Waals surface area contributed by atoms with Gasteiger partial charge in [-0.05, 0) is 48.9 Å². The SMILES string of the molecule is COc1cccc(OC)c1C(=O)Nc1ccc2c(c1)OCC(=O)N2CCOc1cccc(C)c1. The van der Waals surface area contributed by atoms with Crippen LogP contribution in [0.25, 0.3) is 0 Å². The van der Waals surface area contributed by atoms with Crippen molar-refractivity contribution in [3.05, 3.63) is 71.8 Å². The molecule has 0 saturated carbocycles. The average molecular weight is 463 g/mol. The molecule has 0 unspecified atom stereocenters. The molecule has 0 aromatic heterocycles. The van der Waals surface area contributed by atoms with E-state index in [4.69, 9.17) is 18.9 Å². The first-order valence-corrected chi connectivity index (χ1v) is 10.8. The molecule has 0 saturated heterocycles. The van der Waals surface area contributed by atoms with E-state index in [2.05, 4.69) is 5.32 Å². The fourth-order valence-corrected chi connectivity index (χ4v) is 3.76. The number of amides is 2. The monoisotopic (exact) mass is 462 g/mol. The van der Waals surface area contributed by atoms with Gasteiger partial charge in [0, 0.05) is 11.8 Å². The molecule has 0 atom stereocenters. The van der Waals surface area contributed by atoms with Crippen molar-refractivity contribution in [2.24, 2.45) is 0 Å². The van der Waals surface area contributed by atoms with E-state index in [0.717, 1.165) is 11.3 Å². The Kier molecular flexibility index (Phi) is 6.87. The van der Waals surface area contributed by atoms with E-state index in [-0.39, 0.29) is 24.0 Å². The van der Waals surface area contributed by atoms with Crippen LogP contribution in [0.4, 0.5) is 11.4 Å². The average Bonchev–Trinajstić information content (AvgIpc) is 2.84. The molecule has 4 rings (SSSR count). The highest BCUT2D eigenvalue weighted by atomic mass is 16.5. The van der Waals surface area contributed by atoms with E-state index in [1.807, 2.05) is 31.2 Å². The molecule has 1 N–H and O–H groups in total. The van der Waals surface area contributed by atoms with E-state index < -0.39 is 0 Å². The Bertz CT molecular complexity index is 1190. The van der Waals surface area contributed by atoms with Crippen molar-refractivity contribution in [2.45, 2.75) is 6.92 Å². The van der Waals surface area contributed by atoms with Crippen LogP contribution in [0, 0.1) is 6.92 Å². The number of carbonyl (C=O) groups is 2. The summed E-state index contributed by atoms with van der Waals surface area (Å²) in [6.07, 6.45) is 0. The van der Waals surface area contributed by atoms with Gasteiger partial charge in [0.15, 0.2) is 6.61 Å². The van der Waals surface area contributed by atoms with Crippen molar-refractivity contribution in [3.63, 3.8) is 0 Å². The summed E-state index contributed by atoms with van der Waals surface area (Å²) in [7, 11) is 2.99. The molecule has 1 aliphatic rings. The molecular formula is C26H26N2O6. The van der Waals surface area contributed by atoms with Gasteiger partial charge in [0.25, 0.3) is 11.8 Å². The number of carbonyl (C=O) groups excluding carboxylic acids is 2. The molecule has 8 nitrogen and oxygen atoms in total. The van der Waals surface area contributed by atoms with Gasteiger partial charge in [-0.3, -0.25) is 9.59 Å². The van der Waals surface area contributed by atoms with Crippen molar-refractivity contribution in [1.29, 1.82) is 0 Å². The number of methoxy groups -OCH3 is 2. The number of aryl methyl sites for hydroxylation is 1. The standard InChI is InChI=1S/C26H26N2O6/c1-17-6-4-7-19(14-17)33-13-12-28-20-11-10-18(15-23(20)34-16-24(28)29)27-26(30)25-21(31-2)8-5-9-22(25)32-3/h4-11,14-15H,12-13,16H2,1-3H3,(H,27,30). The maximum absolute atomic E-state index is 13.0. The summed E-state index contributed by atoms with van der Waals surface area (Å²) in [4.78, 5) is 27.1. The molecule has 3 aromatic rings. The number of ether oxygens (including phenoxy) is 4. The Balaban J connectivity index is 1.48. The van der Waals surface area contributed by atoms with E-state index in [1.54, 1.807) is 41.3 Å². The van der Waals surface area contributed by atoms with E-state index >= 15 is 0 Å². The lowest BCUT2D eigenvalue weighted by molar-refractivity contribution is -0.121. The van der Waals surface area contributed by atoms with Gasteiger partial charge in [0.05, 0.1) is 26.5 Å². The van der Waals surface area contributed by atoms with Crippen LogP contribution in [-0.4, -0.2) is 45.8 Å². The Morgan fingerprint density at radius 3 is 2.47 bits per heavy atom. The maximum Gasteiger partial charge on any atom is 0.265 e. The lowest BCUT2D eigenvalue weighted by Gasteiger charge is -2.29. The van der Waals surface area contributed by atoms with Crippen molar-refractivity contribution in [1.82, 2.24) is 0 Å². The van der Waals surface area contributed by atoms with Crippen LogP contribution in [0.3, 0.4) is 0 Å². The first kappa shape index (κ1) is 23.0. The van der Waals surface area contributed by atoms with Crippen LogP contribution in [0.15, 0.2) is 60.7 Å². The Morgan fingerprint density at radius 1 is 1.03 bits per heavy atom. The third kappa shape index (κ3) is 4.91. The quantitative estimate of drug-likeness (QED) is 0.543. The predicted octanol–water partition coefficient (Wildman–Crippen LogP) is 4.07. The lowest BCUT2D eigenvalue weighted by atomic mass is 10.1. The van der Waals surface area contributed by atoms with Crippen LogP contribution in [0.1, 0.15) is 15.9 Å². The molecule has 1 aliphatic heterocycles. The van der Waals surface area contributed by atoms with Gasteiger partial charge in [-0.25, -0.2) is 0 Å². The Labute approximate surface area is 198 Å². The third-order valence-corrected chi connectivity index (χ3v) is 5.39. The highest BCUT2D eigenvalue weighted by molar-refractivity contribution is 6.08. The highest BCUT2D eigenvalue weighted by Crippen LogP contribution is 2.35. The molecule has 0 radical (unpaired) electrons. The Hall–Kier alpha value is -4.20. The first-order valence-electron chi connectivity index (χ1n) is 10.8. The number of fused-ring (bicyclic) bond motifs is 1. The fourth-order valence-electron chi connectivity index (χ4n) is 3.76. The molecule has 0 bridgehead atoms. The molecule has 3 aromatic carbocycles. The largest absolute Gasteiger partial charge is 0.496 e. The van der Waals surface area contributed by atoms with E-state index in [1.165, 1.54) is 14.2 Å². The normalized spacial score (nSPS) is 12.4. The predicted molar refractivity (Wildman–Crippen MR) is 128 cm³/mol. The zero-order chi connectivity index (χ0) is 24.1. The van der Waals surface area contributed by atoms with Gasteiger partial charge in [-0.1, -0.05) is 18.2 Å². The Morgan fingerprint density at radius 2 is 1.76 bits per heavy atom. The summed E-state index contributed by atoms with van der Waals surface area (Å²) in [6, 6.07) is 18.0. The van der Waals surface area contributed by atoms with Crippen molar-refractivity contribution in [3.8, 4) is 23.0 Å². The van der Waals surface area contributed by atoms with Crippen molar-refractivity contribution in [2.75, 3.05) is 44.2 Å². The van der Waals surface area contributed by atoms with Crippen LogP contribution >= 0.6 is 0 Å². The third-order valence-electron chi connectivity index (χ3n) is 5.39. The van der Waals surface area contributed by atoms with E-state index in [9.17, 15) is 9.59 Å². The second-order valence-electron chi connectivity index (χ2n) is 7.67. The molecule has 8 heteroatoms. The minimum atomic E-state index is -0.385. The smallest absolute Gasteiger partial charge is 0.265 e. The van der Waals surface area contributed by atoms with Gasteiger partial charge in [-0.2, -0.15) is 0 Å². The number of nitrogens with one attached hydrogen (secondary N) is 1. The molecule has 2 amide bonds.